The van der Waals surface area contributed by atoms with E-state index in [0.717, 1.165) is 28.2 Å². The molecule has 2 atom stereocenters. The van der Waals surface area contributed by atoms with Crippen molar-refractivity contribution in [1.29, 1.82) is 0 Å². The maximum atomic E-state index is 9.84. The first-order valence-electron chi connectivity index (χ1n) is 10.5. The number of aliphatic hydroxyl groups is 1. The molecule has 1 fully saturated rings. The van der Waals surface area contributed by atoms with E-state index in [9.17, 15) is 5.11 Å². The van der Waals surface area contributed by atoms with E-state index in [0.29, 0.717) is 13.0 Å². The Bertz CT molecular complexity index is 906. The molecule has 0 aromatic heterocycles. The van der Waals surface area contributed by atoms with Gasteiger partial charge in [-0.15, -0.1) is 0 Å². The lowest BCUT2D eigenvalue weighted by atomic mass is 9.79. The highest BCUT2D eigenvalue weighted by molar-refractivity contribution is 5.49. The molecule has 0 amide bonds. The Morgan fingerprint density at radius 2 is 1.32 bits per heavy atom. The second kappa shape index (κ2) is 9.52. The first-order valence-corrected chi connectivity index (χ1v) is 10.5. The minimum atomic E-state index is -0.897. The van der Waals surface area contributed by atoms with Gasteiger partial charge in [0.15, 0.2) is 0 Å². The van der Waals surface area contributed by atoms with Crippen molar-refractivity contribution in [3.8, 4) is 11.5 Å². The van der Waals surface area contributed by atoms with Crippen molar-refractivity contribution in [2.75, 3.05) is 27.4 Å². The number of hydrogen-bond acceptors (Lipinski definition) is 5. The summed E-state index contributed by atoms with van der Waals surface area (Å²) in [6, 6.07) is 26.0. The van der Waals surface area contributed by atoms with Gasteiger partial charge in [0.25, 0.3) is 0 Å². The summed E-state index contributed by atoms with van der Waals surface area (Å²) in [5, 5.41) is 9.84. The molecule has 1 aliphatic heterocycles. The summed E-state index contributed by atoms with van der Waals surface area (Å²) in [5.74, 6) is 1.55. The zero-order chi connectivity index (χ0) is 21.7. The number of rotatable bonds is 8. The molecule has 1 heterocycles. The minimum absolute atomic E-state index is 0.0826. The van der Waals surface area contributed by atoms with E-state index in [1.165, 1.54) is 0 Å². The maximum absolute atomic E-state index is 9.84. The van der Waals surface area contributed by atoms with Crippen molar-refractivity contribution in [2.45, 2.75) is 24.2 Å². The SMILES string of the molecule is COc1ccc(C(O[C@@H]2CCO[C@@H]2CO)(c2ccccc2)c2ccc(OC)cc2)cc1. The van der Waals surface area contributed by atoms with Gasteiger partial charge in [-0.25, -0.2) is 0 Å². The second-order valence-corrected chi connectivity index (χ2v) is 7.54. The van der Waals surface area contributed by atoms with Gasteiger partial charge in [-0.3, -0.25) is 0 Å². The van der Waals surface area contributed by atoms with Crippen LogP contribution in [0.3, 0.4) is 0 Å². The van der Waals surface area contributed by atoms with Gasteiger partial charge in [0.05, 0.1) is 26.9 Å². The lowest BCUT2D eigenvalue weighted by Gasteiger charge is -2.39. The minimum Gasteiger partial charge on any atom is -0.497 e. The van der Waals surface area contributed by atoms with Crippen molar-refractivity contribution in [3.05, 3.63) is 95.6 Å². The lowest BCUT2D eigenvalue weighted by Crippen LogP contribution is -2.40. The van der Waals surface area contributed by atoms with Crippen LogP contribution in [0.15, 0.2) is 78.9 Å². The van der Waals surface area contributed by atoms with Gasteiger partial charge in [0, 0.05) is 6.61 Å². The largest absolute Gasteiger partial charge is 0.497 e. The quantitative estimate of drug-likeness (QED) is 0.555. The fourth-order valence-corrected chi connectivity index (χ4v) is 4.19. The van der Waals surface area contributed by atoms with Crippen LogP contribution in [0.2, 0.25) is 0 Å². The van der Waals surface area contributed by atoms with E-state index in [4.69, 9.17) is 18.9 Å². The van der Waals surface area contributed by atoms with E-state index in [1.807, 2.05) is 66.7 Å². The third-order valence-electron chi connectivity index (χ3n) is 5.83. The Balaban J connectivity index is 1.92. The molecule has 1 N–H and O–H groups in total. The van der Waals surface area contributed by atoms with E-state index in [-0.39, 0.29) is 18.8 Å². The van der Waals surface area contributed by atoms with Gasteiger partial charge >= 0.3 is 0 Å². The molecule has 3 aromatic rings. The Labute approximate surface area is 183 Å². The molecule has 0 unspecified atom stereocenters. The summed E-state index contributed by atoms with van der Waals surface area (Å²) < 4.78 is 23.4. The maximum Gasteiger partial charge on any atom is 0.144 e. The average molecular weight is 421 g/mol. The van der Waals surface area contributed by atoms with Crippen molar-refractivity contribution in [1.82, 2.24) is 0 Å². The molecule has 1 aliphatic rings. The fourth-order valence-electron chi connectivity index (χ4n) is 4.19. The van der Waals surface area contributed by atoms with Gasteiger partial charge in [-0.2, -0.15) is 0 Å². The molecule has 0 saturated carbocycles. The number of benzene rings is 3. The summed E-state index contributed by atoms with van der Waals surface area (Å²) >= 11 is 0. The van der Waals surface area contributed by atoms with Gasteiger partial charge in [-0.05, 0) is 47.4 Å². The summed E-state index contributed by atoms with van der Waals surface area (Å²) in [4.78, 5) is 0. The molecule has 3 aromatic carbocycles. The Hall–Kier alpha value is -2.86. The first-order chi connectivity index (χ1) is 15.2. The van der Waals surface area contributed by atoms with Crippen LogP contribution < -0.4 is 9.47 Å². The van der Waals surface area contributed by atoms with Crippen LogP contribution in [0.4, 0.5) is 0 Å². The van der Waals surface area contributed by atoms with Gasteiger partial charge < -0.3 is 24.1 Å². The van der Waals surface area contributed by atoms with Gasteiger partial charge in [0.1, 0.15) is 23.2 Å². The van der Waals surface area contributed by atoms with E-state index in [1.54, 1.807) is 14.2 Å². The Morgan fingerprint density at radius 3 is 1.81 bits per heavy atom. The molecule has 4 rings (SSSR count). The number of ether oxygens (including phenoxy) is 4. The topological polar surface area (TPSA) is 57.2 Å². The third kappa shape index (κ3) is 4.17. The van der Waals surface area contributed by atoms with Gasteiger partial charge in [-0.1, -0.05) is 54.6 Å². The molecule has 0 bridgehead atoms. The molecule has 0 spiro atoms. The van der Waals surface area contributed by atoms with E-state index in [2.05, 4.69) is 12.1 Å². The number of aliphatic hydroxyl groups excluding tert-OH is 1. The van der Waals surface area contributed by atoms with Gasteiger partial charge in [0.2, 0.25) is 0 Å². The van der Waals surface area contributed by atoms with E-state index >= 15 is 0 Å². The highest BCUT2D eigenvalue weighted by atomic mass is 16.6. The molecule has 162 valence electrons. The Morgan fingerprint density at radius 1 is 0.806 bits per heavy atom. The fraction of sp³-hybridized carbons (Fsp3) is 0.308. The molecule has 0 radical (unpaired) electrons. The predicted octanol–water partition coefficient (Wildman–Crippen LogP) is 4.16. The zero-order valence-corrected chi connectivity index (χ0v) is 17.9. The zero-order valence-electron chi connectivity index (χ0n) is 17.9. The van der Waals surface area contributed by atoms with Crippen molar-refractivity contribution in [2.24, 2.45) is 0 Å². The smallest absolute Gasteiger partial charge is 0.144 e. The molecular formula is C26H28O5. The normalized spacial score (nSPS) is 18.7. The average Bonchev–Trinajstić information content (AvgIpc) is 3.30. The molecular weight excluding hydrogens is 392 g/mol. The van der Waals surface area contributed by atoms with Crippen LogP contribution in [0, 0.1) is 0 Å². The molecule has 31 heavy (non-hydrogen) atoms. The van der Waals surface area contributed by atoms with Crippen molar-refractivity contribution in [3.63, 3.8) is 0 Å². The number of methoxy groups -OCH3 is 2. The summed E-state index contributed by atoms with van der Waals surface area (Å²) in [7, 11) is 3.31. The third-order valence-corrected chi connectivity index (χ3v) is 5.83. The summed E-state index contributed by atoms with van der Waals surface area (Å²) in [5.41, 5.74) is 2.03. The summed E-state index contributed by atoms with van der Waals surface area (Å²) in [6.45, 7) is 0.479. The molecule has 5 heteroatoms. The van der Waals surface area contributed by atoms with Crippen LogP contribution in [0.25, 0.3) is 0 Å². The van der Waals surface area contributed by atoms with Crippen molar-refractivity contribution < 1.29 is 24.1 Å². The number of hydrogen-bond donors (Lipinski definition) is 1. The Kier molecular flexibility index (Phi) is 6.56. The second-order valence-electron chi connectivity index (χ2n) is 7.54. The van der Waals surface area contributed by atoms with Crippen molar-refractivity contribution >= 4 is 0 Å². The van der Waals surface area contributed by atoms with Crippen LogP contribution in [0.1, 0.15) is 23.1 Å². The molecule has 5 nitrogen and oxygen atoms in total. The highest BCUT2D eigenvalue weighted by Gasteiger charge is 2.43. The molecule has 0 aliphatic carbocycles. The van der Waals surface area contributed by atoms with Crippen LogP contribution >= 0.6 is 0 Å². The molecule has 1 saturated heterocycles. The standard InChI is InChI=1S/C26H28O5/c1-28-22-12-8-20(9-13-22)26(19-6-4-3-5-7-19,21-10-14-23(29-2)15-11-21)31-24-16-17-30-25(24)18-27/h3-15,24-25,27H,16-18H2,1-2H3/t24-,25-/m1/s1. The first kappa shape index (κ1) is 21.4. The predicted molar refractivity (Wildman–Crippen MR) is 119 cm³/mol. The highest BCUT2D eigenvalue weighted by Crippen LogP contribution is 2.44. The summed E-state index contributed by atoms with van der Waals surface area (Å²) in [6.07, 6.45) is 0.0977. The van der Waals surface area contributed by atoms with Crippen LogP contribution in [-0.2, 0) is 15.1 Å². The van der Waals surface area contributed by atoms with E-state index < -0.39 is 5.60 Å². The van der Waals surface area contributed by atoms with Crippen LogP contribution in [0.5, 0.6) is 11.5 Å². The monoisotopic (exact) mass is 420 g/mol. The lowest BCUT2D eigenvalue weighted by molar-refractivity contribution is -0.0899. The van der Waals surface area contributed by atoms with Crippen LogP contribution in [-0.4, -0.2) is 44.7 Å².